The summed E-state index contributed by atoms with van der Waals surface area (Å²) in [6.45, 7) is 3.16. The van der Waals surface area contributed by atoms with Gasteiger partial charge in [0.05, 0.1) is 16.9 Å². The summed E-state index contributed by atoms with van der Waals surface area (Å²) in [6, 6.07) is 8.83. The summed E-state index contributed by atoms with van der Waals surface area (Å²) in [6.07, 6.45) is 1.81. The number of carbonyl (C=O) groups excluding carboxylic acids is 2. The zero-order chi connectivity index (χ0) is 27.0. The first-order valence-corrected chi connectivity index (χ1v) is 13.7. The number of halogens is 2. The van der Waals surface area contributed by atoms with Gasteiger partial charge in [0.2, 0.25) is 21.8 Å². The van der Waals surface area contributed by atoms with E-state index in [-0.39, 0.29) is 34.4 Å². The third kappa shape index (κ3) is 7.55. The number of benzene rings is 2. The fourth-order valence-corrected chi connectivity index (χ4v) is 4.87. The van der Waals surface area contributed by atoms with Gasteiger partial charge in [-0.05, 0) is 31.0 Å². The van der Waals surface area contributed by atoms with Crippen LogP contribution in [0.25, 0.3) is 0 Å². The Kier molecular flexibility index (Phi) is 10.5. The Labute approximate surface area is 220 Å². The van der Waals surface area contributed by atoms with Crippen molar-refractivity contribution in [1.82, 2.24) is 10.2 Å². The molecule has 0 saturated carbocycles. The summed E-state index contributed by atoms with van der Waals surface area (Å²) in [5, 5.41) is 14.5. The van der Waals surface area contributed by atoms with Crippen molar-refractivity contribution < 1.29 is 22.9 Å². The SMILES string of the molecule is CCCNC(=O)[C@@H](CC)N(Cc1c(Cl)cccc1Cl)C(=O)CN(c1cccc([N+](=O)[O-])c1)S(C)(=O)=O. The fourth-order valence-electron chi connectivity index (χ4n) is 3.51. The quantitative estimate of drug-likeness (QED) is 0.309. The predicted molar refractivity (Wildman–Crippen MR) is 140 cm³/mol. The highest BCUT2D eigenvalue weighted by molar-refractivity contribution is 7.92. The van der Waals surface area contributed by atoms with Gasteiger partial charge in [-0.3, -0.25) is 24.0 Å². The summed E-state index contributed by atoms with van der Waals surface area (Å²) in [7, 11) is -4.03. The van der Waals surface area contributed by atoms with Crippen LogP contribution >= 0.6 is 23.2 Å². The Hall–Kier alpha value is -2.89. The lowest BCUT2D eigenvalue weighted by Gasteiger charge is -2.33. The van der Waals surface area contributed by atoms with Gasteiger partial charge in [-0.2, -0.15) is 0 Å². The molecule has 0 aromatic heterocycles. The summed E-state index contributed by atoms with van der Waals surface area (Å²) in [5.74, 6) is -1.11. The second-order valence-electron chi connectivity index (χ2n) is 7.98. The van der Waals surface area contributed by atoms with Crippen LogP contribution in [-0.4, -0.2) is 55.4 Å². The molecule has 0 bridgehead atoms. The maximum Gasteiger partial charge on any atom is 0.271 e. The number of non-ortho nitro benzene ring substituents is 1. The number of hydrogen-bond donors (Lipinski definition) is 1. The first-order valence-electron chi connectivity index (χ1n) is 11.1. The molecule has 0 heterocycles. The highest BCUT2D eigenvalue weighted by Gasteiger charge is 2.32. The van der Waals surface area contributed by atoms with E-state index in [1.54, 1.807) is 25.1 Å². The number of sulfonamides is 1. The zero-order valence-corrected chi connectivity index (χ0v) is 22.4. The van der Waals surface area contributed by atoms with Gasteiger partial charge in [0, 0.05) is 40.8 Å². The number of nitrogens with zero attached hydrogens (tertiary/aromatic N) is 3. The van der Waals surface area contributed by atoms with Gasteiger partial charge in [-0.15, -0.1) is 0 Å². The second kappa shape index (κ2) is 12.9. The molecule has 0 saturated heterocycles. The molecular formula is C23H28Cl2N4O6S. The molecule has 36 heavy (non-hydrogen) atoms. The number of nitro groups is 1. The van der Waals surface area contributed by atoms with Crippen molar-refractivity contribution in [2.75, 3.05) is 23.7 Å². The molecule has 0 unspecified atom stereocenters. The predicted octanol–water partition coefficient (Wildman–Crippen LogP) is 4.00. The summed E-state index contributed by atoms with van der Waals surface area (Å²) in [5.41, 5.74) is 0.00937. The van der Waals surface area contributed by atoms with E-state index >= 15 is 0 Å². The van der Waals surface area contributed by atoms with Crippen LogP contribution in [0.1, 0.15) is 32.3 Å². The first-order chi connectivity index (χ1) is 16.9. The molecular weight excluding hydrogens is 531 g/mol. The molecule has 1 N–H and O–H groups in total. The van der Waals surface area contributed by atoms with Gasteiger partial charge in [0.1, 0.15) is 12.6 Å². The molecule has 0 aliphatic rings. The normalized spacial score (nSPS) is 12.0. The highest BCUT2D eigenvalue weighted by atomic mass is 35.5. The van der Waals surface area contributed by atoms with Crippen molar-refractivity contribution >= 4 is 56.4 Å². The van der Waals surface area contributed by atoms with E-state index < -0.39 is 39.3 Å². The van der Waals surface area contributed by atoms with Crippen LogP contribution in [0.2, 0.25) is 10.0 Å². The van der Waals surface area contributed by atoms with E-state index in [9.17, 15) is 28.1 Å². The van der Waals surface area contributed by atoms with Crippen molar-refractivity contribution in [3.05, 3.63) is 68.2 Å². The minimum atomic E-state index is -4.03. The van der Waals surface area contributed by atoms with Crippen LogP contribution in [-0.2, 0) is 26.2 Å². The van der Waals surface area contributed by atoms with E-state index in [4.69, 9.17) is 23.2 Å². The lowest BCUT2D eigenvalue weighted by molar-refractivity contribution is -0.384. The van der Waals surface area contributed by atoms with Gasteiger partial charge >= 0.3 is 0 Å². The van der Waals surface area contributed by atoms with Gasteiger partial charge < -0.3 is 10.2 Å². The van der Waals surface area contributed by atoms with Gasteiger partial charge in [-0.25, -0.2) is 8.42 Å². The summed E-state index contributed by atoms with van der Waals surface area (Å²) in [4.78, 5) is 38.3. The molecule has 2 amide bonds. The van der Waals surface area contributed by atoms with Gasteiger partial charge in [-0.1, -0.05) is 49.2 Å². The first kappa shape index (κ1) is 29.3. The topological polar surface area (TPSA) is 130 Å². The Morgan fingerprint density at radius 2 is 1.72 bits per heavy atom. The number of carbonyl (C=O) groups is 2. The molecule has 0 aliphatic carbocycles. The maximum atomic E-state index is 13.6. The lowest BCUT2D eigenvalue weighted by Crippen LogP contribution is -2.52. The highest BCUT2D eigenvalue weighted by Crippen LogP contribution is 2.28. The minimum Gasteiger partial charge on any atom is -0.354 e. The Bertz CT molecular complexity index is 1200. The van der Waals surface area contributed by atoms with Crippen LogP contribution in [0.4, 0.5) is 11.4 Å². The van der Waals surface area contributed by atoms with Crippen LogP contribution in [0, 0.1) is 10.1 Å². The van der Waals surface area contributed by atoms with E-state index in [1.165, 1.54) is 23.1 Å². The van der Waals surface area contributed by atoms with Crippen molar-refractivity contribution in [1.29, 1.82) is 0 Å². The standard InChI is InChI=1S/C23H28Cl2N4O6S/c1-4-12-26-23(31)21(5-2)27(14-18-19(24)10-7-11-20(18)25)22(30)15-28(36(3,34)35)16-8-6-9-17(13-16)29(32)33/h6-11,13,21H,4-5,12,14-15H2,1-3H3,(H,26,31)/t21-/m1/s1. The molecule has 1 atom stereocenters. The van der Waals surface area contributed by atoms with Crippen LogP contribution in [0.15, 0.2) is 42.5 Å². The summed E-state index contributed by atoms with van der Waals surface area (Å²) >= 11 is 12.6. The molecule has 2 rings (SSSR count). The number of rotatable bonds is 12. The van der Waals surface area contributed by atoms with Gasteiger partial charge in [0.25, 0.3) is 5.69 Å². The van der Waals surface area contributed by atoms with Crippen molar-refractivity contribution in [2.45, 2.75) is 39.3 Å². The Morgan fingerprint density at radius 1 is 1.11 bits per heavy atom. The van der Waals surface area contributed by atoms with Crippen LogP contribution < -0.4 is 9.62 Å². The number of hydrogen-bond acceptors (Lipinski definition) is 6. The average molecular weight is 559 g/mol. The van der Waals surface area contributed by atoms with E-state index in [0.717, 1.165) is 16.6 Å². The van der Waals surface area contributed by atoms with E-state index in [0.29, 0.717) is 18.5 Å². The third-order valence-corrected chi connectivity index (χ3v) is 7.18. The molecule has 0 aliphatic heterocycles. The number of amides is 2. The fraction of sp³-hybridized carbons (Fsp3) is 0.391. The van der Waals surface area contributed by atoms with Crippen LogP contribution in [0.3, 0.4) is 0 Å². The number of nitro benzene ring substituents is 1. The van der Waals surface area contributed by atoms with Crippen molar-refractivity contribution in [3.8, 4) is 0 Å². The lowest BCUT2D eigenvalue weighted by atomic mass is 10.1. The van der Waals surface area contributed by atoms with Crippen LogP contribution in [0.5, 0.6) is 0 Å². The molecule has 0 fully saturated rings. The monoisotopic (exact) mass is 558 g/mol. The average Bonchev–Trinajstić information content (AvgIpc) is 2.81. The molecule has 0 spiro atoms. The van der Waals surface area contributed by atoms with Crippen molar-refractivity contribution in [2.24, 2.45) is 0 Å². The maximum absolute atomic E-state index is 13.6. The molecule has 196 valence electrons. The summed E-state index contributed by atoms with van der Waals surface area (Å²) < 4.78 is 26.0. The molecule has 2 aromatic rings. The smallest absolute Gasteiger partial charge is 0.271 e. The zero-order valence-electron chi connectivity index (χ0n) is 20.1. The molecule has 2 aromatic carbocycles. The Balaban J connectivity index is 2.52. The van der Waals surface area contributed by atoms with Gasteiger partial charge in [0.15, 0.2) is 0 Å². The second-order valence-corrected chi connectivity index (χ2v) is 10.7. The number of nitrogens with one attached hydrogen (secondary N) is 1. The van der Waals surface area contributed by atoms with E-state index in [2.05, 4.69) is 5.32 Å². The Morgan fingerprint density at radius 3 is 2.25 bits per heavy atom. The molecule has 13 heteroatoms. The van der Waals surface area contributed by atoms with E-state index in [1.807, 2.05) is 6.92 Å². The van der Waals surface area contributed by atoms with Crippen molar-refractivity contribution in [3.63, 3.8) is 0 Å². The third-order valence-electron chi connectivity index (χ3n) is 5.33. The molecule has 0 radical (unpaired) electrons. The largest absolute Gasteiger partial charge is 0.354 e. The number of anilines is 1. The molecule has 10 nitrogen and oxygen atoms in total. The minimum absolute atomic E-state index is 0.0562.